The van der Waals surface area contributed by atoms with E-state index in [9.17, 15) is 14.8 Å². The zero-order chi connectivity index (χ0) is 14.5. The maximum absolute atomic E-state index is 11.9. The Bertz CT molecular complexity index is 560. The Kier molecular flexibility index (Phi) is 3.14. The Morgan fingerprint density at radius 2 is 2.10 bits per heavy atom. The highest BCUT2D eigenvalue weighted by Gasteiger charge is 2.46. The largest absolute Gasteiger partial charge is 0.488 e. The molecule has 3 rings (SSSR count). The summed E-state index contributed by atoms with van der Waals surface area (Å²) in [6.45, 7) is 2.23. The van der Waals surface area contributed by atoms with Crippen molar-refractivity contribution in [2.24, 2.45) is 0 Å². The van der Waals surface area contributed by atoms with E-state index in [-0.39, 0.29) is 17.4 Å². The molecule has 1 unspecified atom stereocenters. The van der Waals surface area contributed by atoms with E-state index in [1.165, 1.54) is 11.1 Å². The fraction of sp³-hybridized carbons (Fsp3) is 0.533. The molecule has 4 nitrogen and oxygen atoms in total. The van der Waals surface area contributed by atoms with Crippen LogP contribution in [0.4, 0.5) is 0 Å². The van der Waals surface area contributed by atoms with Gasteiger partial charge in [0.05, 0.1) is 0 Å². The molecule has 5 heteroatoms. The number of aryl methyl sites for hydroxylation is 1. The van der Waals surface area contributed by atoms with Crippen LogP contribution < -0.4 is 5.46 Å². The van der Waals surface area contributed by atoms with Gasteiger partial charge in [-0.3, -0.25) is 4.79 Å². The highest BCUT2D eigenvalue weighted by atomic mass is 16.4. The zero-order valence-corrected chi connectivity index (χ0v) is 12.0. The number of carbonyl (C=O) groups excluding carboxylic acids is 1. The van der Waals surface area contributed by atoms with E-state index in [4.69, 9.17) is 0 Å². The van der Waals surface area contributed by atoms with E-state index in [2.05, 4.69) is 6.92 Å². The first-order valence-corrected chi connectivity index (χ1v) is 7.18. The number of rotatable bonds is 1. The van der Waals surface area contributed by atoms with E-state index in [0.717, 1.165) is 19.3 Å². The predicted molar refractivity (Wildman–Crippen MR) is 77.7 cm³/mol. The van der Waals surface area contributed by atoms with Crippen molar-refractivity contribution in [3.63, 3.8) is 0 Å². The number of hydrogen-bond donors (Lipinski definition) is 2. The van der Waals surface area contributed by atoms with Gasteiger partial charge in [-0.25, -0.2) is 0 Å². The lowest BCUT2D eigenvalue weighted by Crippen LogP contribution is -2.56. The third-order valence-electron chi connectivity index (χ3n) is 5.18. The number of hydrogen-bond acceptors (Lipinski definition) is 3. The summed E-state index contributed by atoms with van der Waals surface area (Å²) >= 11 is 0. The third-order valence-corrected chi connectivity index (χ3v) is 5.18. The van der Waals surface area contributed by atoms with E-state index in [0.29, 0.717) is 11.9 Å². The number of carbonyl (C=O) groups is 1. The van der Waals surface area contributed by atoms with Crippen LogP contribution in [0.2, 0.25) is 0 Å². The van der Waals surface area contributed by atoms with Gasteiger partial charge < -0.3 is 14.9 Å². The van der Waals surface area contributed by atoms with Crippen molar-refractivity contribution in [1.29, 1.82) is 0 Å². The van der Waals surface area contributed by atoms with Gasteiger partial charge in [-0.1, -0.05) is 25.1 Å². The van der Waals surface area contributed by atoms with Crippen LogP contribution in [-0.4, -0.2) is 41.1 Å². The number of likely N-dealkylation sites (tertiary alicyclic amines) is 1. The van der Waals surface area contributed by atoms with Crippen molar-refractivity contribution in [2.45, 2.75) is 44.1 Å². The zero-order valence-electron chi connectivity index (χ0n) is 12.0. The number of likely N-dealkylation sites (N-methyl/N-ethyl adjacent to an activating group) is 1. The van der Waals surface area contributed by atoms with Crippen LogP contribution in [-0.2, 0) is 16.6 Å². The normalized spacial score (nSPS) is 28.9. The van der Waals surface area contributed by atoms with Gasteiger partial charge in [-0.15, -0.1) is 0 Å². The molecular formula is C15H20BNO3. The van der Waals surface area contributed by atoms with Crippen molar-refractivity contribution < 1.29 is 14.8 Å². The molecule has 2 atom stereocenters. The summed E-state index contributed by atoms with van der Waals surface area (Å²) in [5, 5.41) is 18.6. The van der Waals surface area contributed by atoms with Crippen LogP contribution in [0.5, 0.6) is 0 Å². The summed E-state index contributed by atoms with van der Waals surface area (Å²) in [5.41, 5.74) is 2.98. The van der Waals surface area contributed by atoms with Gasteiger partial charge in [0.2, 0.25) is 5.91 Å². The van der Waals surface area contributed by atoms with E-state index in [1.807, 2.05) is 24.1 Å². The van der Waals surface area contributed by atoms with Gasteiger partial charge >= 0.3 is 7.12 Å². The summed E-state index contributed by atoms with van der Waals surface area (Å²) in [4.78, 5) is 13.8. The maximum Gasteiger partial charge on any atom is 0.488 e. The molecule has 0 radical (unpaired) electrons. The molecule has 1 heterocycles. The van der Waals surface area contributed by atoms with Crippen molar-refractivity contribution >= 4 is 18.5 Å². The third kappa shape index (κ3) is 1.88. The van der Waals surface area contributed by atoms with E-state index in [1.54, 1.807) is 6.07 Å². The Morgan fingerprint density at radius 3 is 2.80 bits per heavy atom. The highest BCUT2D eigenvalue weighted by Crippen LogP contribution is 2.45. The number of nitrogens with zero attached hydrogens (tertiary/aromatic N) is 1. The fourth-order valence-corrected chi connectivity index (χ4v) is 3.97. The van der Waals surface area contributed by atoms with Crippen LogP contribution >= 0.6 is 0 Å². The minimum absolute atomic E-state index is 0.0187. The molecule has 1 aromatic rings. The van der Waals surface area contributed by atoms with E-state index < -0.39 is 7.12 Å². The van der Waals surface area contributed by atoms with Gasteiger partial charge in [0.1, 0.15) is 0 Å². The van der Waals surface area contributed by atoms with Crippen LogP contribution in [0.15, 0.2) is 18.2 Å². The summed E-state index contributed by atoms with van der Waals surface area (Å²) < 4.78 is 0. The average Bonchev–Trinajstić information content (AvgIpc) is 2.43. The molecule has 0 bridgehead atoms. The average molecular weight is 273 g/mol. The molecule has 106 valence electrons. The second-order valence-electron chi connectivity index (χ2n) is 6.27. The molecule has 1 aliphatic heterocycles. The molecule has 0 saturated carbocycles. The lowest BCUT2D eigenvalue weighted by Gasteiger charge is -2.50. The lowest BCUT2D eigenvalue weighted by atomic mass is 9.62. The second kappa shape index (κ2) is 4.60. The Labute approximate surface area is 119 Å². The molecule has 1 aromatic carbocycles. The Balaban J connectivity index is 2.04. The molecule has 20 heavy (non-hydrogen) atoms. The van der Waals surface area contributed by atoms with Gasteiger partial charge in [0.25, 0.3) is 0 Å². The molecule has 2 N–H and O–H groups in total. The number of fused-ring (bicyclic) bond motifs is 3. The first-order valence-electron chi connectivity index (χ1n) is 7.18. The number of piperidine rings is 1. The molecular weight excluding hydrogens is 253 g/mol. The quantitative estimate of drug-likeness (QED) is 0.718. The van der Waals surface area contributed by atoms with Crippen molar-refractivity contribution in [3.8, 4) is 0 Å². The van der Waals surface area contributed by atoms with Crippen LogP contribution in [0.1, 0.15) is 37.3 Å². The van der Waals surface area contributed by atoms with Crippen molar-refractivity contribution in [3.05, 3.63) is 29.3 Å². The van der Waals surface area contributed by atoms with Crippen LogP contribution in [0.25, 0.3) is 0 Å². The topological polar surface area (TPSA) is 60.8 Å². The minimum Gasteiger partial charge on any atom is -0.423 e. The monoisotopic (exact) mass is 273 g/mol. The molecule has 1 aliphatic carbocycles. The van der Waals surface area contributed by atoms with Gasteiger partial charge in [-0.05, 0) is 35.9 Å². The van der Waals surface area contributed by atoms with E-state index >= 15 is 0 Å². The van der Waals surface area contributed by atoms with Gasteiger partial charge in [0.15, 0.2) is 0 Å². The predicted octanol–water partition coefficient (Wildman–Crippen LogP) is 0.191. The second-order valence-corrected chi connectivity index (χ2v) is 6.27. The summed E-state index contributed by atoms with van der Waals surface area (Å²) in [7, 11) is 0.489. The summed E-state index contributed by atoms with van der Waals surface area (Å²) in [6.07, 6.45) is 3.28. The minimum atomic E-state index is -1.42. The first-order chi connectivity index (χ1) is 9.43. The highest BCUT2D eigenvalue weighted by molar-refractivity contribution is 6.58. The Hall–Kier alpha value is -1.33. The number of benzene rings is 1. The standard InChI is InChI=1S/C15H20BNO3/c1-15-8-7-14(18)17(2)13(15)6-3-10-9-11(16(19)20)4-5-12(10)15/h4-5,9,13,19-20H,3,6-8H2,1-2H3/t13?,15-/m1/s1. The van der Waals surface area contributed by atoms with Crippen molar-refractivity contribution in [1.82, 2.24) is 4.90 Å². The smallest absolute Gasteiger partial charge is 0.423 e. The Morgan fingerprint density at radius 1 is 1.35 bits per heavy atom. The molecule has 0 spiro atoms. The molecule has 1 amide bonds. The first kappa shape index (κ1) is 13.6. The SMILES string of the molecule is CN1C(=O)CC[C@]2(C)c3ccc(B(O)O)cc3CCC12. The maximum atomic E-state index is 11.9. The molecule has 1 fully saturated rings. The van der Waals surface area contributed by atoms with Gasteiger partial charge in [-0.2, -0.15) is 0 Å². The van der Waals surface area contributed by atoms with Crippen LogP contribution in [0.3, 0.4) is 0 Å². The van der Waals surface area contributed by atoms with Crippen LogP contribution in [0, 0.1) is 0 Å². The summed E-state index contributed by atoms with van der Waals surface area (Å²) in [6, 6.07) is 5.95. The molecule has 2 aliphatic rings. The van der Waals surface area contributed by atoms with Gasteiger partial charge in [0, 0.05) is 24.9 Å². The summed E-state index contributed by atoms with van der Waals surface area (Å²) in [5.74, 6) is 0.235. The molecule has 1 saturated heterocycles. The lowest BCUT2D eigenvalue weighted by molar-refractivity contribution is -0.138. The number of amides is 1. The van der Waals surface area contributed by atoms with Crippen molar-refractivity contribution in [2.75, 3.05) is 7.05 Å². The molecule has 0 aromatic heterocycles. The fourth-order valence-electron chi connectivity index (χ4n) is 3.97.